The summed E-state index contributed by atoms with van der Waals surface area (Å²) in [6, 6.07) is 8.27. The van der Waals surface area contributed by atoms with Crippen molar-refractivity contribution in [3.63, 3.8) is 0 Å². The Hall–Kier alpha value is -1.39. The molecule has 0 aliphatic heterocycles. The van der Waals surface area contributed by atoms with Gasteiger partial charge >= 0.3 is 0 Å². The number of amides is 1. The van der Waals surface area contributed by atoms with Crippen LogP contribution in [0.15, 0.2) is 29.6 Å². The summed E-state index contributed by atoms with van der Waals surface area (Å²) < 4.78 is 1.26. The molecule has 0 saturated heterocycles. The van der Waals surface area contributed by atoms with E-state index < -0.39 is 0 Å². The monoisotopic (exact) mass is 262 g/mol. The lowest BCUT2D eigenvalue weighted by Crippen LogP contribution is -2.34. The van der Waals surface area contributed by atoms with Gasteiger partial charge in [-0.3, -0.25) is 4.79 Å². The van der Waals surface area contributed by atoms with Gasteiger partial charge in [0.2, 0.25) is 5.91 Å². The van der Waals surface area contributed by atoms with Gasteiger partial charge in [-0.05, 0) is 22.4 Å². The summed E-state index contributed by atoms with van der Waals surface area (Å²) in [6.07, 6.45) is 0. The van der Waals surface area contributed by atoms with Gasteiger partial charge in [-0.25, -0.2) is 0 Å². The number of thiophene rings is 1. The summed E-state index contributed by atoms with van der Waals surface area (Å²) in [4.78, 5) is 13.7. The fraction of sp³-hybridized carbons (Fsp3) is 0.357. The second-order valence-corrected chi connectivity index (χ2v) is 5.50. The smallest absolute Gasteiger partial charge is 0.226 e. The first-order valence-electron chi connectivity index (χ1n) is 6.03. The van der Waals surface area contributed by atoms with Crippen molar-refractivity contribution in [1.82, 2.24) is 4.90 Å². The minimum absolute atomic E-state index is 0.104. The number of nitrogens with zero attached hydrogens (tertiary/aromatic N) is 1. The third-order valence-electron chi connectivity index (χ3n) is 3.12. The van der Waals surface area contributed by atoms with Crippen molar-refractivity contribution in [2.75, 3.05) is 13.6 Å². The zero-order chi connectivity index (χ0) is 13.1. The van der Waals surface area contributed by atoms with E-state index in [9.17, 15) is 4.79 Å². The minimum Gasteiger partial charge on any atom is -0.341 e. The number of rotatable bonds is 4. The molecule has 1 aromatic heterocycles. The van der Waals surface area contributed by atoms with Crippen LogP contribution in [0.25, 0.3) is 10.1 Å². The van der Waals surface area contributed by atoms with Crippen molar-refractivity contribution in [2.45, 2.75) is 13.5 Å². The Morgan fingerprint density at radius 3 is 2.89 bits per heavy atom. The first-order chi connectivity index (χ1) is 8.63. The average molecular weight is 262 g/mol. The highest BCUT2D eigenvalue weighted by atomic mass is 32.1. The van der Waals surface area contributed by atoms with E-state index in [0.717, 1.165) is 0 Å². The fourth-order valence-electron chi connectivity index (χ4n) is 1.97. The van der Waals surface area contributed by atoms with Gasteiger partial charge in [-0.1, -0.05) is 25.1 Å². The topological polar surface area (TPSA) is 46.3 Å². The third kappa shape index (κ3) is 2.54. The quantitative estimate of drug-likeness (QED) is 0.920. The number of carbonyl (C=O) groups excluding carboxylic acids is 1. The van der Waals surface area contributed by atoms with Crippen molar-refractivity contribution in [2.24, 2.45) is 11.7 Å². The van der Waals surface area contributed by atoms with Crippen LogP contribution in [0, 0.1) is 5.92 Å². The Morgan fingerprint density at radius 2 is 2.17 bits per heavy atom. The zero-order valence-electron chi connectivity index (χ0n) is 10.7. The van der Waals surface area contributed by atoms with E-state index in [4.69, 9.17) is 5.73 Å². The van der Waals surface area contributed by atoms with Gasteiger partial charge < -0.3 is 10.6 Å². The van der Waals surface area contributed by atoms with E-state index in [2.05, 4.69) is 17.5 Å². The summed E-state index contributed by atoms with van der Waals surface area (Å²) in [5.41, 5.74) is 6.73. The zero-order valence-corrected chi connectivity index (χ0v) is 11.5. The Balaban J connectivity index is 2.16. The molecule has 2 rings (SSSR count). The molecule has 4 heteroatoms. The molecule has 1 aromatic carbocycles. The van der Waals surface area contributed by atoms with Crippen molar-refractivity contribution >= 4 is 27.3 Å². The molecule has 2 N–H and O–H groups in total. The second-order valence-electron chi connectivity index (χ2n) is 4.59. The fourth-order valence-corrected chi connectivity index (χ4v) is 2.92. The summed E-state index contributed by atoms with van der Waals surface area (Å²) in [5.74, 6) is -0.00678. The largest absolute Gasteiger partial charge is 0.341 e. The highest BCUT2D eigenvalue weighted by molar-refractivity contribution is 7.17. The van der Waals surface area contributed by atoms with Crippen LogP contribution in [0.3, 0.4) is 0 Å². The maximum absolute atomic E-state index is 12.0. The summed E-state index contributed by atoms with van der Waals surface area (Å²) in [7, 11) is 1.83. The lowest BCUT2D eigenvalue weighted by molar-refractivity contribution is -0.133. The normalized spacial score (nSPS) is 12.6. The van der Waals surface area contributed by atoms with Crippen LogP contribution in [0.4, 0.5) is 0 Å². The molecule has 0 saturated carbocycles. The highest BCUT2D eigenvalue weighted by Gasteiger charge is 2.17. The van der Waals surface area contributed by atoms with E-state index >= 15 is 0 Å². The summed E-state index contributed by atoms with van der Waals surface area (Å²) in [5, 5.41) is 3.37. The predicted octanol–water partition coefficient (Wildman–Crippen LogP) is 2.45. The molecule has 0 radical (unpaired) electrons. The van der Waals surface area contributed by atoms with Crippen LogP contribution in [-0.4, -0.2) is 24.4 Å². The van der Waals surface area contributed by atoms with Gasteiger partial charge in [0.25, 0.3) is 0 Å². The molecule has 0 aliphatic carbocycles. The van der Waals surface area contributed by atoms with Crippen LogP contribution in [0.2, 0.25) is 0 Å². The van der Waals surface area contributed by atoms with Gasteiger partial charge in [-0.2, -0.15) is 0 Å². The highest BCUT2D eigenvalue weighted by Crippen LogP contribution is 2.26. The number of benzene rings is 1. The van der Waals surface area contributed by atoms with Crippen molar-refractivity contribution < 1.29 is 4.79 Å². The predicted molar refractivity (Wildman–Crippen MR) is 76.5 cm³/mol. The number of hydrogen-bond donors (Lipinski definition) is 1. The van der Waals surface area contributed by atoms with Crippen LogP contribution in [0.1, 0.15) is 12.5 Å². The van der Waals surface area contributed by atoms with Crippen LogP contribution < -0.4 is 5.73 Å². The number of carbonyl (C=O) groups is 1. The Kier molecular flexibility index (Phi) is 3.99. The molecule has 1 amide bonds. The lowest BCUT2D eigenvalue weighted by atomic mass is 10.1. The minimum atomic E-state index is -0.111. The molecule has 18 heavy (non-hydrogen) atoms. The van der Waals surface area contributed by atoms with E-state index in [-0.39, 0.29) is 11.8 Å². The van der Waals surface area contributed by atoms with Crippen molar-refractivity contribution in [1.29, 1.82) is 0 Å². The maximum atomic E-state index is 12.0. The van der Waals surface area contributed by atoms with Crippen LogP contribution >= 0.6 is 11.3 Å². The first kappa shape index (κ1) is 13.1. The maximum Gasteiger partial charge on any atom is 0.226 e. The summed E-state index contributed by atoms with van der Waals surface area (Å²) in [6.45, 7) is 2.91. The molecule has 96 valence electrons. The number of nitrogens with two attached hydrogens (primary N) is 1. The van der Waals surface area contributed by atoms with E-state index in [0.29, 0.717) is 13.1 Å². The van der Waals surface area contributed by atoms with Gasteiger partial charge in [-0.15, -0.1) is 11.3 Å². The molecule has 1 heterocycles. The van der Waals surface area contributed by atoms with Gasteiger partial charge in [0.05, 0.1) is 0 Å². The van der Waals surface area contributed by atoms with Crippen LogP contribution in [0.5, 0.6) is 0 Å². The van der Waals surface area contributed by atoms with Gasteiger partial charge in [0, 0.05) is 30.8 Å². The van der Waals surface area contributed by atoms with Crippen molar-refractivity contribution in [3.05, 3.63) is 35.2 Å². The van der Waals surface area contributed by atoms with Gasteiger partial charge in [0.15, 0.2) is 0 Å². The van der Waals surface area contributed by atoms with Crippen molar-refractivity contribution in [3.8, 4) is 0 Å². The molecule has 0 fully saturated rings. The Morgan fingerprint density at radius 1 is 1.44 bits per heavy atom. The SMILES string of the molecule is CC(CN)C(=O)N(C)Cc1csc2ccccc12. The number of hydrogen-bond acceptors (Lipinski definition) is 3. The first-order valence-corrected chi connectivity index (χ1v) is 6.91. The standard InChI is InChI=1S/C14H18N2OS/c1-10(7-15)14(17)16(2)8-11-9-18-13-6-4-3-5-12(11)13/h3-6,9-10H,7-8,15H2,1-2H3. The molecule has 3 nitrogen and oxygen atoms in total. The third-order valence-corrected chi connectivity index (χ3v) is 4.13. The molecular formula is C14H18N2OS. The Labute approximate surface area is 111 Å². The van der Waals surface area contributed by atoms with E-state index in [1.807, 2.05) is 26.1 Å². The molecule has 1 unspecified atom stereocenters. The molecule has 1 atom stereocenters. The van der Waals surface area contributed by atoms with Crippen LogP contribution in [-0.2, 0) is 11.3 Å². The molecular weight excluding hydrogens is 244 g/mol. The second kappa shape index (κ2) is 5.50. The lowest BCUT2D eigenvalue weighted by Gasteiger charge is -2.20. The Bertz CT molecular complexity index is 549. The average Bonchev–Trinajstić information content (AvgIpc) is 2.80. The number of fused-ring (bicyclic) bond motifs is 1. The van der Waals surface area contributed by atoms with E-state index in [1.54, 1.807) is 16.2 Å². The van der Waals surface area contributed by atoms with Gasteiger partial charge in [0.1, 0.15) is 0 Å². The summed E-state index contributed by atoms with van der Waals surface area (Å²) >= 11 is 1.72. The molecule has 0 spiro atoms. The van der Waals surface area contributed by atoms with E-state index in [1.165, 1.54) is 15.6 Å². The molecule has 0 bridgehead atoms. The molecule has 2 aromatic rings. The molecule has 0 aliphatic rings.